The summed E-state index contributed by atoms with van der Waals surface area (Å²) in [6.07, 6.45) is 1.99. The number of rotatable bonds is 1. The van der Waals surface area contributed by atoms with E-state index in [2.05, 4.69) is 0 Å². The average molecular weight is 318 g/mol. The molecule has 3 heteroatoms. The molecule has 0 fully saturated rings. The van der Waals surface area contributed by atoms with Crippen molar-refractivity contribution in [1.82, 2.24) is 0 Å². The van der Waals surface area contributed by atoms with Crippen LogP contribution in [0.25, 0.3) is 11.6 Å². The van der Waals surface area contributed by atoms with Crippen molar-refractivity contribution in [2.75, 3.05) is 0 Å². The Morgan fingerprint density at radius 2 is 1.79 bits per heavy atom. The summed E-state index contributed by atoms with van der Waals surface area (Å²) in [5.74, 6) is 0.413. The van der Waals surface area contributed by atoms with Crippen LogP contribution < -0.4 is 4.74 Å². The van der Waals surface area contributed by atoms with Crippen LogP contribution >= 0.6 is 0 Å². The van der Waals surface area contributed by atoms with Crippen molar-refractivity contribution in [2.24, 2.45) is 0 Å². The summed E-state index contributed by atoms with van der Waals surface area (Å²) >= 11 is 0. The van der Waals surface area contributed by atoms with Gasteiger partial charge in [-0.15, -0.1) is 0 Å². The molecule has 1 aliphatic rings. The summed E-state index contributed by atoms with van der Waals surface area (Å²) in [5, 5.41) is 9.72. The Kier molecular flexibility index (Phi) is 3.54. The molecular formula is C21H15FO2. The highest BCUT2D eigenvalue weighted by molar-refractivity contribution is 5.94. The van der Waals surface area contributed by atoms with Crippen molar-refractivity contribution in [3.05, 3.63) is 94.8 Å². The summed E-state index contributed by atoms with van der Waals surface area (Å²) in [6, 6.07) is 19.6. The Balaban J connectivity index is 1.97. The lowest BCUT2D eigenvalue weighted by Crippen LogP contribution is -1.95. The molecule has 0 aliphatic carbocycles. The second kappa shape index (κ2) is 5.85. The number of phenols is 1. The maximum atomic E-state index is 13.6. The number of ether oxygens (including phenoxy) is 1. The normalized spacial score (nSPS) is 14.5. The maximum absolute atomic E-state index is 13.6. The van der Waals surface area contributed by atoms with Crippen molar-refractivity contribution < 1.29 is 14.2 Å². The molecule has 0 saturated carbocycles. The van der Waals surface area contributed by atoms with Gasteiger partial charge in [-0.05, 0) is 52.6 Å². The van der Waals surface area contributed by atoms with Crippen LogP contribution in [0.2, 0.25) is 0 Å². The first-order chi connectivity index (χ1) is 11.7. The van der Waals surface area contributed by atoms with Gasteiger partial charge in [0.2, 0.25) is 0 Å². The molecule has 2 nitrogen and oxygen atoms in total. The molecule has 0 spiro atoms. The van der Waals surface area contributed by atoms with Crippen LogP contribution in [0.1, 0.15) is 22.3 Å². The lowest BCUT2D eigenvalue weighted by Gasteiger charge is -2.11. The number of aromatic hydroxyl groups is 1. The average Bonchev–Trinajstić information content (AvgIpc) is 2.73. The summed E-state index contributed by atoms with van der Waals surface area (Å²) in [7, 11) is 0. The largest absolute Gasteiger partial charge is 0.508 e. The van der Waals surface area contributed by atoms with Gasteiger partial charge in [0.25, 0.3) is 0 Å². The van der Waals surface area contributed by atoms with E-state index in [1.165, 1.54) is 12.1 Å². The van der Waals surface area contributed by atoms with Gasteiger partial charge in [0.1, 0.15) is 23.9 Å². The van der Waals surface area contributed by atoms with Crippen LogP contribution in [0.4, 0.5) is 4.39 Å². The minimum Gasteiger partial charge on any atom is -0.508 e. The van der Waals surface area contributed by atoms with E-state index < -0.39 is 0 Å². The second-order valence-corrected chi connectivity index (χ2v) is 5.74. The van der Waals surface area contributed by atoms with Gasteiger partial charge < -0.3 is 9.84 Å². The molecular weight excluding hydrogens is 303 g/mol. The van der Waals surface area contributed by atoms with Crippen LogP contribution in [-0.2, 0) is 6.61 Å². The summed E-state index contributed by atoms with van der Waals surface area (Å²) in [6.45, 7) is 0.393. The molecule has 3 aromatic rings. The molecule has 0 radical (unpaired) electrons. The Labute approximate surface area is 139 Å². The minimum atomic E-state index is -0.323. The lowest BCUT2D eigenvalue weighted by atomic mass is 9.92. The number of phenolic OH excluding ortho intramolecular Hbond substituents is 1. The third kappa shape index (κ3) is 2.65. The van der Waals surface area contributed by atoms with Crippen molar-refractivity contribution in [2.45, 2.75) is 6.61 Å². The number of benzene rings is 3. The fourth-order valence-electron chi connectivity index (χ4n) is 2.98. The van der Waals surface area contributed by atoms with Gasteiger partial charge in [-0.1, -0.05) is 36.4 Å². The third-order valence-electron chi connectivity index (χ3n) is 4.11. The van der Waals surface area contributed by atoms with E-state index >= 15 is 0 Å². The monoisotopic (exact) mass is 318 g/mol. The van der Waals surface area contributed by atoms with E-state index in [9.17, 15) is 9.50 Å². The smallest absolute Gasteiger partial charge is 0.130 e. The van der Waals surface area contributed by atoms with Crippen molar-refractivity contribution in [3.63, 3.8) is 0 Å². The Morgan fingerprint density at radius 1 is 0.917 bits per heavy atom. The van der Waals surface area contributed by atoms with Crippen molar-refractivity contribution >= 4 is 11.6 Å². The van der Waals surface area contributed by atoms with Gasteiger partial charge in [0, 0.05) is 11.6 Å². The highest BCUT2D eigenvalue weighted by Crippen LogP contribution is 2.38. The molecule has 1 heterocycles. The second-order valence-electron chi connectivity index (χ2n) is 5.74. The predicted molar refractivity (Wildman–Crippen MR) is 92.3 cm³/mol. The van der Waals surface area contributed by atoms with E-state index in [-0.39, 0.29) is 11.6 Å². The van der Waals surface area contributed by atoms with E-state index in [0.29, 0.717) is 12.4 Å². The van der Waals surface area contributed by atoms with Gasteiger partial charge in [-0.25, -0.2) is 4.39 Å². The van der Waals surface area contributed by atoms with Crippen LogP contribution in [0.15, 0.2) is 66.7 Å². The molecule has 1 N–H and O–H groups in total. The fourth-order valence-corrected chi connectivity index (χ4v) is 2.98. The van der Waals surface area contributed by atoms with Crippen LogP contribution in [0.3, 0.4) is 0 Å². The zero-order valence-electron chi connectivity index (χ0n) is 12.9. The van der Waals surface area contributed by atoms with Gasteiger partial charge >= 0.3 is 0 Å². The molecule has 24 heavy (non-hydrogen) atoms. The van der Waals surface area contributed by atoms with E-state index in [0.717, 1.165) is 27.8 Å². The first kappa shape index (κ1) is 14.5. The van der Waals surface area contributed by atoms with Gasteiger partial charge in [-0.2, -0.15) is 0 Å². The van der Waals surface area contributed by atoms with Gasteiger partial charge in [0.05, 0.1) is 0 Å². The Hall–Kier alpha value is -3.07. The Bertz CT molecular complexity index is 944. The zero-order chi connectivity index (χ0) is 16.5. The molecule has 0 aromatic heterocycles. The number of hydrogen-bond donors (Lipinski definition) is 1. The van der Waals surface area contributed by atoms with E-state index in [1.54, 1.807) is 24.3 Å². The molecule has 0 amide bonds. The fraction of sp³-hybridized carbons (Fsp3) is 0.0476. The number of fused-ring (bicyclic) bond motifs is 2. The topological polar surface area (TPSA) is 29.5 Å². The standard InChI is InChI=1S/C21H15FO2/c22-16-8-9-19-20(11-14-4-3-6-17(23)10-14)18-7-2-1-5-15(18)13-24-21(19)12-16/h1-12,23H,13H2/b20-11+. The van der Waals surface area contributed by atoms with Crippen LogP contribution in [0.5, 0.6) is 11.5 Å². The van der Waals surface area contributed by atoms with Gasteiger partial charge in [0.15, 0.2) is 0 Å². The van der Waals surface area contributed by atoms with Crippen molar-refractivity contribution in [1.29, 1.82) is 0 Å². The zero-order valence-corrected chi connectivity index (χ0v) is 12.9. The first-order valence-electron chi connectivity index (χ1n) is 7.72. The molecule has 0 bridgehead atoms. The summed E-state index contributed by atoms with van der Waals surface area (Å²) in [5.41, 5.74) is 4.75. The quantitative estimate of drug-likeness (QED) is 0.683. The third-order valence-corrected chi connectivity index (χ3v) is 4.11. The molecule has 0 atom stereocenters. The predicted octanol–water partition coefficient (Wildman–Crippen LogP) is 5.01. The lowest BCUT2D eigenvalue weighted by molar-refractivity contribution is 0.305. The van der Waals surface area contributed by atoms with Crippen LogP contribution in [-0.4, -0.2) is 5.11 Å². The molecule has 1 aliphatic heterocycles. The number of hydrogen-bond acceptors (Lipinski definition) is 2. The molecule has 3 aromatic carbocycles. The molecule has 0 saturated heterocycles. The first-order valence-corrected chi connectivity index (χ1v) is 7.72. The van der Waals surface area contributed by atoms with Gasteiger partial charge in [-0.3, -0.25) is 0 Å². The molecule has 118 valence electrons. The van der Waals surface area contributed by atoms with E-state index in [1.807, 2.05) is 36.4 Å². The van der Waals surface area contributed by atoms with E-state index in [4.69, 9.17) is 4.74 Å². The maximum Gasteiger partial charge on any atom is 0.130 e. The minimum absolute atomic E-state index is 0.210. The summed E-state index contributed by atoms with van der Waals surface area (Å²) in [4.78, 5) is 0. The molecule has 0 unspecified atom stereocenters. The van der Waals surface area contributed by atoms with Crippen LogP contribution in [0, 0.1) is 5.82 Å². The molecule has 4 rings (SSSR count). The van der Waals surface area contributed by atoms with Crippen molar-refractivity contribution in [3.8, 4) is 11.5 Å². The number of halogens is 1. The summed E-state index contributed by atoms with van der Waals surface area (Å²) < 4.78 is 19.4. The SMILES string of the molecule is Oc1cccc(/C=C2\c3ccccc3COc3cc(F)ccc32)c1. The Morgan fingerprint density at radius 3 is 2.67 bits per heavy atom. The highest BCUT2D eigenvalue weighted by atomic mass is 19.1. The highest BCUT2D eigenvalue weighted by Gasteiger charge is 2.19.